The van der Waals surface area contributed by atoms with Gasteiger partial charge in [-0.25, -0.2) is 8.78 Å². The van der Waals surface area contributed by atoms with Crippen molar-refractivity contribution < 1.29 is 18.4 Å². The van der Waals surface area contributed by atoms with Crippen LogP contribution in [0.3, 0.4) is 0 Å². The topological polar surface area (TPSA) is 49.4 Å². The Hall–Kier alpha value is -2.24. The number of hydrogen-bond acceptors (Lipinski definition) is 2. The van der Waals surface area contributed by atoms with E-state index in [4.69, 9.17) is 0 Å². The minimum atomic E-state index is -2.52. The number of alkyl halides is 2. The van der Waals surface area contributed by atoms with Crippen molar-refractivity contribution >= 4 is 23.6 Å². The molecule has 0 saturated heterocycles. The molecule has 0 spiro atoms. The quantitative estimate of drug-likeness (QED) is 0.822. The first kappa shape index (κ1) is 16.1. The Morgan fingerprint density at radius 2 is 1.95 bits per heavy atom. The normalized spacial score (nSPS) is 14.4. The standard InChI is InChI=1S/C16H18F2N2O2/c1-11(21)19-13-5-2-12(3-6-13)4-9-16(22)20(10-15(17)18)14-7-8-14/h2-6,9,14-15H,7-8,10H2,1H3,(H,19,21)/b9-4+. The van der Waals surface area contributed by atoms with Gasteiger partial charge in [-0.1, -0.05) is 12.1 Å². The van der Waals surface area contributed by atoms with Crippen LogP contribution in [0.2, 0.25) is 0 Å². The zero-order chi connectivity index (χ0) is 16.1. The number of rotatable bonds is 6. The average Bonchev–Trinajstić information content (AvgIpc) is 3.27. The minimum Gasteiger partial charge on any atom is -0.330 e. The molecule has 4 nitrogen and oxygen atoms in total. The Kier molecular flexibility index (Phi) is 5.25. The van der Waals surface area contributed by atoms with Crippen molar-refractivity contribution in [3.8, 4) is 0 Å². The molecule has 118 valence electrons. The van der Waals surface area contributed by atoms with Crippen molar-refractivity contribution in [2.75, 3.05) is 11.9 Å². The summed E-state index contributed by atoms with van der Waals surface area (Å²) >= 11 is 0. The minimum absolute atomic E-state index is 0.0479. The third kappa shape index (κ3) is 4.95. The molecule has 1 aromatic carbocycles. The van der Waals surface area contributed by atoms with Crippen molar-refractivity contribution in [1.82, 2.24) is 4.90 Å². The number of carbonyl (C=O) groups excluding carboxylic acids is 2. The second-order valence-electron chi connectivity index (χ2n) is 5.25. The Labute approximate surface area is 127 Å². The number of nitrogens with zero attached hydrogens (tertiary/aromatic N) is 1. The first-order valence-corrected chi connectivity index (χ1v) is 7.10. The molecule has 0 aromatic heterocycles. The van der Waals surface area contributed by atoms with Gasteiger partial charge in [0.1, 0.15) is 0 Å². The largest absolute Gasteiger partial charge is 0.330 e. The maximum Gasteiger partial charge on any atom is 0.255 e. The van der Waals surface area contributed by atoms with E-state index >= 15 is 0 Å². The fourth-order valence-corrected chi connectivity index (χ4v) is 2.10. The smallest absolute Gasteiger partial charge is 0.255 e. The predicted octanol–water partition coefficient (Wildman–Crippen LogP) is 2.91. The molecule has 22 heavy (non-hydrogen) atoms. The summed E-state index contributed by atoms with van der Waals surface area (Å²) in [6.07, 6.45) is 1.96. The summed E-state index contributed by atoms with van der Waals surface area (Å²) in [5, 5.41) is 2.64. The Balaban J connectivity index is 1.97. The van der Waals surface area contributed by atoms with Gasteiger partial charge in [-0.05, 0) is 36.6 Å². The van der Waals surface area contributed by atoms with Gasteiger partial charge in [-0.2, -0.15) is 0 Å². The molecule has 0 atom stereocenters. The van der Waals surface area contributed by atoms with Crippen LogP contribution in [-0.2, 0) is 9.59 Å². The van der Waals surface area contributed by atoms with Gasteiger partial charge in [-0.15, -0.1) is 0 Å². The third-order valence-corrected chi connectivity index (χ3v) is 3.25. The van der Waals surface area contributed by atoms with Crippen molar-refractivity contribution in [2.24, 2.45) is 0 Å². The van der Waals surface area contributed by atoms with Crippen molar-refractivity contribution in [1.29, 1.82) is 0 Å². The Morgan fingerprint density at radius 3 is 2.45 bits per heavy atom. The van der Waals surface area contributed by atoms with E-state index < -0.39 is 18.9 Å². The van der Waals surface area contributed by atoms with Gasteiger partial charge in [0.25, 0.3) is 6.43 Å². The summed E-state index contributed by atoms with van der Waals surface area (Å²) in [5.74, 6) is -0.556. The van der Waals surface area contributed by atoms with Gasteiger partial charge in [0.2, 0.25) is 11.8 Å². The Morgan fingerprint density at radius 1 is 1.32 bits per heavy atom. The molecule has 0 radical (unpaired) electrons. The zero-order valence-corrected chi connectivity index (χ0v) is 12.3. The van der Waals surface area contributed by atoms with Crippen molar-refractivity contribution in [3.63, 3.8) is 0 Å². The summed E-state index contributed by atoms with van der Waals surface area (Å²) in [7, 11) is 0. The summed E-state index contributed by atoms with van der Waals surface area (Å²) in [6.45, 7) is 0.900. The highest BCUT2D eigenvalue weighted by molar-refractivity contribution is 5.92. The van der Waals surface area contributed by atoms with Crippen molar-refractivity contribution in [2.45, 2.75) is 32.2 Å². The van der Waals surface area contributed by atoms with E-state index in [-0.39, 0.29) is 11.9 Å². The molecular formula is C16H18F2N2O2. The van der Waals surface area contributed by atoms with Gasteiger partial charge in [0, 0.05) is 24.7 Å². The van der Waals surface area contributed by atoms with Gasteiger partial charge < -0.3 is 10.2 Å². The molecule has 1 aliphatic rings. The number of hydrogen-bond donors (Lipinski definition) is 1. The van der Waals surface area contributed by atoms with Crippen LogP contribution in [0.5, 0.6) is 0 Å². The number of carbonyl (C=O) groups is 2. The van der Waals surface area contributed by atoms with E-state index in [9.17, 15) is 18.4 Å². The SMILES string of the molecule is CC(=O)Nc1ccc(/C=C/C(=O)N(CC(F)F)C2CC2)cc1. The van der Waals surface area contributed by atoms with Crippen LogP contribution in [0.25, 0.3) is 6.08 Å². The molecule has 0 heterocycles. The molecule has 1 N–H and O–H groups in total. The first-order valence-electron chi connectivity index (χ1n) is 7.10. The fourth-order valence-electron chi connectivity index (χ4n) is 2.10. The monoisotopic (exact) mass is 308 g/mol. The highest BCUT2D eigenvalue weighted by Crippen LogP contribution is 2.27. The number of benzene rings is 1. The summed E-state index contributed by atoms with van der Waals surface area (Å²) in [5.41, 5.74) is 1.42. The van der Waals surface area contributed by atoms with E-state index in [1.165, 1.54) is 17.9 Å². The number of anilines is 1. The molecule has 1 saturated carbocycles. The lowest BCUT2D eigenvalue weighted by molar-refractivity contribution is -0.128. The van der Waals surface area contributed by atoms with Crippen LogP contribution in [0.1, 0.15) is 25.3 Å². The molecule has 2 amide bonds. The van der Waals surface area contributed by atoms with E-state index in [0.717, 1.165) is 18.4 Å². The van der Waals surface area contributed by atoms with Crippen LogP contribution in [0, 0.1) is 0 Å². The summed E-state index contributed by atoms with van der Waals surface area (Å²) < 4.78 is 25.0. The summed E-state index contributed by atoms with van der Waals surface area (Å²) in [4.78, 5) is 24.1. The molecule has 0 bridgehead atoms. The summed E-state index contributed by atoms with van der Waals surface area (Å²) in [6, 6.07) is 6.85. The maximum absolute atomic E-state index is 12.5. The lowest BCUT2D eigenvalue weighted by atomic mass is 10.2. The molecule has 6 heteroatoms. The fraction of sp³-hybridized carbons (Fsp3) is 0.375. The second-order valence-corrected chi connectivity index (χ2v) is 5.25. The number of amides is 2. The van der Waals surface area contributed by atoms with Gasteiger partial charge in [0.15, 0.2) is 0 Å². The molecule has 1 aliphatic carbocycles. The van der Waals surface area contributed by atoms with Crippen LogP contribution in [0.15, 0.2) is 30.3 Å². The maximum atomic E-state index is 12.5. The van der Waals surface area contributed by atoms with Crippen LogP contribution >= 0.6 is 0 Å². The molecule has 2 rings (SSSR count). The van der Waals surface area contributed by atoms with E-state index in [1.54, 1.807) is 30.3 Å². The van der Waals surface area contributed by atoms with E-state index in [1.807, 2.05) is 0 Å². The van der Waals surface area contributed by atoms with Crippen molar-refractivity contribution in [3.05, 3.63) is 35.9 Å². The van der Waals surface area contributed by atoms with Crippen LogP contribution in [0.4, 0.5) is 14.5 Å². The van der Waals surface area contributed by atoms with E-state index in [2.05, 4.69) is 5.32 Å². The van der Waals surface area contributed by atoms with Gasteiger partial charge >= 0.3 is 0 Å². The highest BCUT2D eigenvalue weighted by atomic mass is 19.3. The van der Waals surface area contributed by atoms with Gasteiger partial charge in [0.05, 0.1) is 6.54 Å². The lowest BCUT2D eigenvalue weighted by Crippen LogP contribution is -2.35. The molecular weight excluding hydrogens is 290 g/mol. The average molecular weight is 308 g/mol. The third-order valence-electron chi connectivity index (χ3n) is 3.25. The molecule has 1 fully saturated rings. The molecule has 1 aromatic rings. The first-order chi connectivity index (χ1) is 10.5. The lowest BCUT2D eigenvalue weighted by Gasteiger charge is -2.20. The number of nitrogens with one attached hydrogen (secondary N) is 1. The zero-order valence-electron chi connectivity index (χ0n) is 12.3. The van der Waals surface area contributed by atoms with E-state index in [0.29, 0.717) is 5.69 Å². The molecule has 0 aliphatic heterocycles. The second kappa shape index (κ2) is 7.15. The molecule has 0 unspecified atom stereocenters. The number of halogens is 2. The highest BCUT2D eigenvalue weighted by Gasteiger charge is 2.33. The predicted molar refractivity (Wildman–Crippen MR) is 80.5 cm³/mol. The Bertz CT molecular complexity index is 566. The van der Waals surface area contributed by atoms with Gasteiger partial charge in [-0.3, -0.25) is 9.59 Å². The van der Waals surface area contributed by atoms with Crippen LogP contribution < -0.4 is 5.32 Å². The van der Waals surface area contributed by atoms with Crippen LogP contribution in [-0.4, -0.2) is 35.7 Å².